The second-order valence-electron chi connectivity index (χ2n) is 3.62. The summed E-state index contributed by atoms with van der Waals surface area (Å²) in [5.74, 6) is 0.898. The van der Waals surface area contributed by atoms with Gasteiger partial charge in [-0.1, -0.05) is 13.3 Å². The van der Waals surface area contributed by atoms with Gasteiger partial charge >= 0.3 is 0 Å². The second-order valence-corrected chi connectivity index (χ2v) is 4.97. The van der Waals surface area contributed by atoms with Gasteiger partial charge in [-0.15, -0.1) is 0 Å². The summed E-state index contributed by atoms with van der Waals surface area (Å²) >= 11 is 1.93. The SMILES string of the molecule is CCCNC1CCCC1SCCO. The molecule has 0 radical (unpaired) electrons. The van der Waals surface area contributed by atoms with E-state index < -0.39 is 0 Å². The minimum absolute atomic E-state index is 0.321. The average molecular weight is 203 g/mol. The number of rotatable bonds is 6. The Hall–Kier alpha value is 0.270. The fourth-order valence-corrected chi connectivity index (χ4v) is 3.10. The van der Waals surface area contributed by atoms with Crippen LogP contribution in [0.3, 0.4) is 0 Å². The van der Waals surface area contributed by atoms with Crippen LogP contribution in [0.15, 0.2) is 0 Å². The van der Waals surface area contributed by atoms with Crippen molar-refractivity contribution in [3.05, 3.63) is 0 Å². The molecule has 0 saturated heterocycles. The van der Waals surface area contributed by atoms with Gasteiger partial charge in [0, 0.05) is 17.0 Å². The number of aliphatic hydroxyl groups excluding tert-OH is 1. The van der Waals surface area contributed by atoms with Crippen molar-refractivity contribution in [2.24, 2.45) is 0 Å². The Morgan fingerprint density at radius 2 is 2.31 bits per heavy atom. The summed E-state index contributed by atoms with van der Waals surface area (Å²) in [6, 6.07) is 0.705. The molecule has 13 heavy (non-hydrogen) atoms. The molecule has 0 bridgehead atoms. The lowest BCUT2D eigenvalue weighted by atomic mass is 10.2. The monoisotopic (exact) mass is 203 g/mol. The van der Waals surface area contributed by atoms with Gasteiger partial charge in [-0.25, -0.2) is 0 Å². The highest BCUT2D eigenvalue weighted by atomic mass is 32.2. The predicted octanol–water partition coefficient (Wildman–Crippen LogP) is 1.63. The zero-order valence-corrected chi connectivity index (χ0v) is 9.28. The van der Waals surface area contributed by atoms with Crippen molar-refractivity contribution in [2.75, 3.05) is 18.9 Å². The molecule has 2 nitrogen and oxygen atoms in total. The van der Waals surface area contributed by atoms with Gasteiger partial charge < -0.3 is 10.4 Å². The molecule has 1 fully saturated rings. The number of thioether (sulfide) groups is 1. The summed E-state index contributed by atoms with van der Waals surface area (Å²) < 4.78 is 0. The average Bonchev–Trinajstić information content (AvgIpc) is 2.59. The highest BCUT2D eigenvalue weighted by Gasteiger charge is 2.26. The van der Waals surface area contributed by atoms with Gasteiger partial charge in [0.05, 0.1) is 6.61 Å². The Morgan fingerprint density at radius 1 is 1.46 bits per heavy atom. The molecule has 0 aromatic rings. The molecule has 3 heteroatoms. The quantitative estimate of drug-likeness (QED) is 0.688. The normalized spacial score (nSPS) is 28.2. The number of hydrogen-bond donors (Lipinski definition) is 2. The van der Waals surface area contributed by atoms with Crippen molar-refractivity contribution in [1.82, 2.24) is 5.32 Å². The highest BCUT2D eigenvalue weighted by Crippen LogP contribution is 2.29. The maximum Gasteiger partial charge on any atom is 0.0521 e. The van der Waals surface area contributed by atoms with Crippen LogP contribution in [0.5, 0.6) is 0 Å². The molecule has 1 aliphatic rings. The third-order valence-corrected chi connectivity index (χ3v) is 3.94. The zero-order valence-electron chi connectivity index (χ0n) is 8.46. The first kappa shape index (κ1) is 11.3. The molecule has 0 amide bonds. The third kappa shape index (κ3) is 3.88. The van der Waals surface area contributed by atoms with Gasteiger partial charge in [-0.3, -0.25) is 0 Å². The summed E-state index contributed by atoms with van der Waals surface area (Å²) in [5.41, 5.74) is 0. The predicted molar refractivity (Wildman–Crippen MR) is 59.3 cm³/mol. The van der Waals surface area contributed by atoms with E-state index in [1.165, 1.54) is 25.7 Å². The van der Waals surface area contributed by atoms with Crippen LogP contribution in [-0.2, 0) is 0 Å². The van der Waals surface area contributed by atoms with Crippen LogP contribution in [-0.4, -0.2) is 35.3 Å². The van der Waals surface area contributed by atoms with Crippen LogP contribution in [0.4, 0.5) is 0 Å². The third-order valence-electron chi connectivity index (χ3n) is 2.53. The molecule has 0 spiro atoms. The largest absolute Gasteiger partial charge is 0.396 e. The minimum Gasteiger partial charge on any atom is -0.396 e. The van der Waals surface area contributed by atoms with Gasteiger partial charge in [0.15, 0.2) is 0 Å². The first-order valence-electron chi connectivity index (χ1n) is 5.34. The summed E-state index contributed by atoms with van der Waals surface area (Å²) in [4.78, 5) is 0. The van der Waals surface area contributed by atoms with Crippen LogP contribution in [0.1, 0.15) is 32.6 Å². The number of nitrogens with one attached hydrogen (secondary N) is 1. The lowest BCUT2D eigenvalue weighted by Gasteiger charge is -2.19. The van der Waals surface area contributed by atoms with E-state index in [1.807, 2.05) is 11.8 Å². The van der Waals surface area contributed by atoms with E-state index in [-0.39, 0.29) is 0 Å². The molecule has 0 aromatic carbocycles. The van der Waals surface area contributed by atoms with Crippen molar-refractivity contribution >= 4 is 11.8 Å². The van der Waals surface area contributed by atoms with E-state index in [4.69, 9.17) is 5.11 Å². The zero-order chi connectivity index (χ0) is 9.52. The Morgan fingerprint density at radius 3 is 3.00 bits per heavy atom. The lowest BCUT2D eigenvalue weighted by molar-refractivity contribution is 0.322. The summed E-state index contributed by atoms with van der Waals surface area (Å²) in [7, 11) is 0. The van der Waals surface area contributed by atoms with E-state index in [0.717, 1.165) is 17.5 Å². The molecule has 1 rings (SSSR count). The van der Waals surface area contributed by atoms with Crippen LogP contribution >= 0.6 is 11.8 Å². The molecule has 1 saturated carbocycles. The van der Waals surface area contributed by atoms with Gasteiger partial charge in [0.1, 0.15) is 0 Å². The Kier molecular flexibility index (Phi) is 5.83. The maximum atomic E-state index is 8.75. The molecule has 78 valence electrons. The van der Waals surface area contributed by atoms with Gasteiger partial charge in [-0.05, 0) is 25.8 Å². The Balaban J connectivity index is 2.18. The molecule has 0 heterocycles. The van der Waals surface area contributed by atoms with E-state index >= 15 is 0 Å². The number of aliphatic hydroxyl groups is 1. The van der Waals surface area contributed by atoms with Gasteiger partial charge in [0.2, 0.25) is 0 Å². The molecule has 2 unspecified atom stereocenters. The first-order chi connectivity index (χ1) is 6.38. The topological polar surface area (TPSA) is 32.3 Å². The van der Waals surface area contributed by atoms with Crippen molar-refractivity contribution in [3.8, 4) is 0 Å². The molecular formula is C10H21NOS. The Bertz CT molecular complexity index is 118. The smallest absolute Gasteiger partial charge is 0.0521 e. The fraction of sp³-hybridized carbons (Fsp3) is 1.00. The maximum absolute atomic E-state index is 8.75. The van der Waals surface area contributed by atoms with E-state index in [1.54, 1.807) is 0 Å². The van der Waals surface area contributed by atoms with Crippen molar-refractivity contribution in [1.29, 1.82) is 0 Å². The van der Waals surface area contributed by atoms with Gasteiger partial charge in [0.25, 0.3) is 0 Å². The molecule has 2 N–H and O–H groups in total. The van der Waals surface area contributed by atoms with Crippen molar-refractivity contribution in [3.63, 3.8) is 0 Å². The van der Waals surface area contributed by atoms with Gasteiger partial charge in [-0.2, -0.15) is 11.8 Å². The first-order valence-corrected chi connectivity index (χ1v) is 6.39. The molecule has 2 atom stereocenters. The molecule has 0 aromatic heterocycles. The van der Waals surface area contributed by atoms with E-state index in [9.17, 15) is 0 Å². The molecular weight excluding hydrogens is 182 g/mol. The fourth-order valence-electron chi connectivity index (χ4n) is 1.89. The summed E-state index contributed by atoms with van der Waals surface area (Å²) in [5, 5.41) is 13.1. The Labute approximate surface area is 85.5 Å². The second kappa shape index (κ2) is 6.68. The van der Waals surface area contributed by atoms with Crippen LogP contribution in [0, 0.1) is 0 Å². The van der Waals surface area contributed by atoms with Crippen LogP contribution < -0.4 is 5.32 Å². The van der Waals surface area contributed by atoms with E-state index in [2.05, 4.69) is 12.2 Å². The standard InChI is InChI=1S/C10H21NOS/c1-2-6-11-9-4-3-5-10(9)13-8-7-12/h9-12H,2-8H2,1H3. The number of hydrogen-bond acceptors (Lipinski definition) is 3. The summed E-state index contributed by atoms with van der Waals surface area (Å²) in [6.45, 7) is 3.67. The highest BCUT2D eigenvalue weighted by molar-refractivity contribution is 8.00. The minimum atomic E-state index is 0.321. The van der Waals surface area contributed by atoms with Crippen molar-refractivity contribution in [2.45, 2.75) is 43.9 Å². The molecule has 1 aliphatic carbocycles. The van der Waals surface area contributed by atoms with Crippen LogP contribution in [0.2, 0.25) is 0 Å². The van der Waals surface area contributed by atoms with Crippen molar-refractivity contribution < 1.29 is 5.11 Å². The van der Waals surface area contributed by atoms with Crippen LogP contribution in [0.25, 0.3) is 0 Å². The van der Waals surface area contributed by atoms with E-state index in [0.29, 0.717) is 12.6 Å². The molecule has 0 aliphatic heterocycles. The summed E-state index contributed by atoms with van der Waals surface area (Å²) in [6.07, 6.45) is 5.22. The lowest BCUT2D eigenvalue weighted by Crippen LogP contribution is -2.34.